The summed E-state index contributed by atoms with van der Waals surface area (Å²) < 4.78 is 6.31. The van der Waals surface area contributed by atoms with E-state index in [1.807, 2.05) is 50.2 Å². The Hall–Kier alpha value is -2.08. The van der Waals surface area contributed by atoms with Gasteiger partial charge in [-0.2, -0.15) is 5.10 Å². The van der Waals surface area contributed by atoms with Crippen LogP contribution in [0, 0.1) is 6.92 Å². The highest BCUT2D eigenvalue weighted by Crippen LogP contribution is 2.29. The second kappa shape index (κ2) is 5.73. The van der Waals surface area contributed by atoms with Gasteiger partial charge in [0.25, 0.3) is 0 Å². The Kier molecular flexibility index (Phi) is 3.79. The molecule has 2 heterocycles. The number of hydrogen-bond acceptors (Lipinski definition) is 4. The second-order valence-corrected chi connectivity index (χ2v) is 5.58. The van der Waals surface area contributed by atoms with E-state index in [-0.39, 0.29) is 6.04 Å². The second-order valence-electron chi connectivity index (χ2n) is 4.80. The van der Waals surface area contributed by atoms with Crippen molar-refractivity contribution in [1.29, 1.82) is 0 Å². The first-order valence-corrected chi connectivity index (χ1v) is 7.43. The van der Waals surface area contributed by atoms with Gasteiger partial charge in [0.1, 0.15) is 11.6 Å². The molecule has 2 aromatic heterocycles. The Balaban J connectivity index is 1.89. The first-order chi connectivity index (χ1) is 10.1. The number of para-hydroxylation sites is 1. The molecule has 2 N–H and O–H groups in total. The molecule has 1 aromatic carbocycles. The number of aryl methyl sites for hydroxylation is 1. The minimum Gasteiger partial charge on any atom is -0.452 e. The van der Waals surface area contributed by atoms with Crippen LogP contribution in [-0.2, 0) is 0 Å². The molecule has 0 aliphatic heterocycles. The van der Waals surface area contributed by atoms with E-state index >= 15 is 0 Å². The lowest BCUT2D eigenvalue weighted by Gasteiger charge is -2.15. The minimum absolute atomic E-state index is 0.0393. The van der Waals surface area contributed by atoms with Gasteiger partial charge < -0.3 is 9.73 Å². The number of aromatic nitrogens is 3. The van der Waals surface area contributed by atoms with E-state index in [1.54, 1.807) is 0 Å². The number of H-pyrrole nitrogens is 1. The van der Waals surface area contributed by atoms with Crippen molar-refractivity contribution in [2.24, 2.45) is 0 Å². The van der Waals surface area contributed by atoms with Crippen LogP contribution in [0.25, 0.3) is 11.4 Å². The van der Waals surface area contributed by atoms with E-state index < -0.39 is 0 Å². The summed E-state index contributed by atoms with van der Waals surface area (Å²) in [4.78, 5) is 4.39. The molecule has 3 rings (SSSR count). The van der Waals surface area contributed by atoms with Crippen molar-refractivity contribution < 1.29 is 4.42 Å². The van der Waals surface area contributed by atoms with Crippen LogP contribution >= 0.6 is 15.9 Å². The van der Waals surface area contributed by atoms with Gasteiger partial charge in [-0.05, 0) is 54.0 Å². The zero-order valence-corrected chi connectivity index (χ0v) is 13.3. The van der Waals surface area contributed by atoms with Crippen LogP contribution in [0.1, 0.15) is 24.6 Å². The van der Waals surface area contributed by atoms with E-state index in [0.717, 1.165) is 27.5 Å². The number of hydrogen-bond donors (Lipinski definition) is 2. The van der Waals surface area contributed by atoms with Crippen LogP contribution in [-0.4, -0.2) is 15.2 Å². The lowest BCUT2D eigenvalue weighted by Crippen LogP contribution is -2.06. The zero-order valence-electron chi connectivity index (χ0n) is 11.7. The summed E-state index contributed by atoms with van der Waals surface area (Å²) in [5.74, 6) is 2.34. The zero-order chi connectivity index (χ0) is 14.8. The largest absolute Gasteiger partial charge is 0.452 e. The van der Waals surface area contributed by atoms with Crippen LogP contribution in [0.3, 0.4) is 0 Å². The van der Waals surface area contributed by atoms with Gasteiger partial charge in [0.2, 0.25) is 0 Å². The SMILES string of the molecule is Cc1nc(-c2ccccc2NC(C)c2ccc(Br)o2)n[nH]1. The van der Waals surface area contributed by atoms with Crippen molar-refractivity contribution in [2.45, 2.75) is 19.9 Å². The highest BCUT2D eigenvalue weighted by molar-refractivity contribution is 9.10. The molecule has 0 fully saturated rings. The molecule has 5 nitrogen and oxygen atoms in total. The smallest absolute Gasteiger partial charge is 0.183 e. The average Bonchev–Trinajstić information content (AvgIpc) is 3.08. The number of nitrogens with one attached hydrogen (secondary N) is 2. The fraction of sp³-hybridized carbons (Fsp3) is 0.200. The predicted molar refractivity (Wildman–Crippen MR) is 85.0 cm³/mol. The summed E-state index contributed by atoms with van der Waals surface area (Å²) in [6, 6.07) is 11.8. The molecular formula is C15H15BrN4O. The van der Waals surface area contributed by atoms with Gasteiger partial charge in [-0.3, -0.25) is 5.10 Å². The Labute approximate surface area is 130 Å². The van der Waals surface area contributed by atoms with Crippen molar-refractivity contribution in [2.75, 3.05) is 5.32 Å². The maximum atomic E-state index is 5.58. The number of aromatic amines is 1. The van der Waals surface area contributed by atoms with E-state index in [0.29, 0.717) is 5.82 Å². The van der Waals surface area contributed by atoms with Crippen molar-refractivity contribution in [3.05, 3.63) is 52.7 Å². The molecule has 0 bridgehead atoms. The number of rotatable bonds is 4. The minimum atomic E-state index is 0.0393. The standard InChI is InChI=1S/C15H15BrN4O/c1-9(13-7-8-14(16)21-13)17-12-6-4-3-5-11(12)15-18-10(2)19-20-15/h3-9,17H,1-2H3,(H,18,19,20). The molecule has 0 radical (unpaired) electrons. The number of anilines is 1. The molecule has 0 saturated carbocycles. The third-order valence-electron chi connectivity index (χ3n) is 3.16. The maximum Gasteiger partial charge on any atom is 0.183 e. The lowest BCUT2D eigenvalue weighted by atomic mass is 10.1. The molecule has 0 aliphatic carbocycles. The van der Waals surface area contributed by atoms with E-state index in [1.165, 1.54) is 0 Å². The van der Waals surface area contributed by atoms with Crippen molar-refractivity contribution in [1.82, 2.24) is 15.2 Å². The molecule has 6 heteroatoms. The van der Waals surface area contributed by atoms with Crippen LogP contribution < -0.4 is 5.32 Å². The van der Waals surface area contributed by atoms with Crippen molar-refractivity contribution >= 4 is 21.6 Å². The summed E-state index contributed by atoms with van der Waals surface area (Å²) in [7, 11) is 0. The fourth-order valence-electron chi connectivity index (χ4n) is 2.13. The van der Waals surface area contributed by atoms with E-state index in [4.69, 9.17) is 4.42 Å². The molecule has 3 aromatic rings. The van der Waals surface area contributed by atoms with Gasteiger partial charge in [-0.25, -0.2) is 4.98 Å². The molecule has 1 atom stereocenters. The third-order valence-corrected chi connectivity index (χ3v) is 3.58. The van der Waals surface area contributed by atoms with Gasteiger partial charge in [-0.1, -0.05) is 12.1 Å². The molecule has 0 saturated heterocycles. The van der Waals surface area contributed by atoms with Crippen LogP contribution in [0.5, 0.6) is 0 Å². The summed E-state index contributed by atoms with van der Waals surface area (Å²) in [6.45, 7) is 3.93. The van der Waals surface area contributed by atoms with Crippen LogP contribution in [0.2, 0.25) is 0 Å². The van der Waals surface area contributed by atoms with E-state index in [9.17, 15) is 0 Å². The number of halogens is 1. The Morgan fingerprint density at radius 1 is 1.24 bits per heavy atom. The Morgan fingerprint density at radius 3 is 2.71 bits per heavy atom. The van der Waals surface area contributed by atoms with Crippen LogP contribution in [0.4, 0.5) is 5.69 Å². The summed E-state index contributed by atoms with van der Waals surface area (Å²) in [6.07, 6.45) is 0. The quantitative estimate of drug-likeness (QED) is 0.738. The van der Waals surface area contributed by atoms with Gasteiger partial charge in [0.05, 0.1) is 6.04 Å². The van der Waals surface area contributed by atoms with Crippen molar-refractivity contribution in [3.63, 3.8) is 0 Å². The van der Waals surface area contributed by atoms with Gasteiger partial charge in [-0.15, -0.1) is 0 Å². The third kappa shape index (κ3) is 3.00. The molecule has 0 aliphatic rings. The van der Waals surface area contributed by atoms with Gasteiger partial charge in [0, 0.05) is 11.3 Å². The van der Waals surface area contributed by atoms with Crippen molar-refractivity contribution in [3.8, 4) is 11.4 Å². The topological polar surface area (TPSA) is 66.7 Å². The number of nitrogens with zero attached hydrogens (tertiary/aromatic N) is 2. The first kappa shape index (κ1) is 13.9. The average molecular weight is 347 g/mol. The van der Waals surface area contributed by atoms with Gasteiger partial charge >= 0.3 is 0 Å². The summed E-state index contributed by atoms with van der Waals surface area (Å²) >= 11 is 3.32. The molecule has 21 heavy (non-hydrogen) atoms. The molecule has 1 unspecified atom stereocenters. The molecular weight excluding hydrogens is 332 g/mol. The summed E-state index contributed by atoms with van der Waals surface area (Å²) in [5, 5.41) is 10.5. The number of furan rings is 1. The lowest BCUT2D eigenvalue weighted by molar-refractivity contribution is 0.471. The van der Waals surface area contributed by atoms with Crippen LogP contribution in [0.15, 0.2) is 45.5 Å². The Bertz CT molecular complexity index is 749. The fourth-order valence-corrected chi connectivity index (χ4v) is 2.45. The Morgan fingerprint density at radius 2 is 2.05 bits per heavy atom. The molecule has 0 amide bonds. The summed E-state index contributed by atoms with van der Waals surface area (Å²) in [5.41, 5.74) is 1.93. The van der Waals surface area contributed by atoms with Gasteiger partial charge in [0.15, 0.2) is 10.5 Å². The highest BCUT2D eigenvalue weighted by Gasteiger charge is 2.14. The first-order valence-electron chi connectivity index (χ1n) is 6.63. The normalized spacial score (nSPS) is 12.3. The maximum absolute atomic E-state index is 5.58. The predicted octanol–water partition coefficient (Wildman–Crippen LogP) is 4.31. The number of benzene rings is 1. The van der Waals surface area contributed by atoms with E-state index in [2.05, 4.69) is 36.4 Å². The monoisotopic (exact) mass is 346 g/mol. The molecule has 108 valence electrons. The molecule has 0 spiro atoms. The highest BCUT2D eigenvalue weighted by atomic mass is 79.9.